The number of nitro groups is 1. The van der Waals surface area contributed by atoms with Crippen LogP contribution in [0.4, 0.5) is 10.1 Å². The van der Waals surface area contributed by atoms with Gasteiger partial charge in [0, 0.05) is 11.9 Å². The summed E-state index contributed by atoms with van der Waals surface area (Å²) in [6.45, 7) is 0. The second-order valence-corrected chi connectivity index (χ2v) is 2.83. The first-order valence-corrected chi connectivity index (χ1v) is 4.35. The summed E-state index contributed by atoms with van der Waals surface area (Å²) in [5, 5.41) is 10.3. The van der Waals surface area contributed by atoms with E-state index < -0.39 is 16.4 Å². The van der Waals surface area contributed by atoms with Gasteiger partial charge in [-0.15, -0.1) is 11.6 Å². The molecule has 5 heteroatoms. The average molecular weight is 216 g/mol. The number of alkyl halides is 1. The summed E-state index contributed by atoms with van der Waals surface area (Å²) in [5.41, 5.74) is 0.0294. The zero-order valence-electron chi connectivity index (χ0n) is 7.11. The highest BCUT2D eigenvalue weighted by molar-refractivity contribution is 6.19. The van der Waals surface area contributed by atoms with E-state index in [1.807, 2.05) is 0 Å². The fourth-order valence-electron chi connectivity index (χ4n) is 0.956. The molecule has 0 unspecified atom stereocenters. The SMILES string of the molecule is O=[N+]([O-])c1ccc(C=CCCl)cc1F. The van der Waals surface area contributed by atoms with Crippen LogP contribution in [0.25, 0.3) is 6.08 Å². The van der Waals surface area contributed by atoms with E-state index in [9.17, 15) is 14.5 Å². The highest BCUT2D eigenvalue weighted by Gasteiger charge is 2.12. The third kappa shape index (κ3) is 2.53. The molecule has 0 aromatic heterocycles. The highest BCUT2D eigenvalue weighted by Crippen LogP contribution is 2.18. The Balaban J connectivity index is 3.00. The number of nitro benzene ring substituents is 1. The van der Waals surface area contributed by atoms with Gasteiger partial charge in [0.1, 0.15) is 0 Å². The number of nitrogens with zero attached hydrogens (tertiary/aromatic N) is 1. The Kier molecular flexibility index (Phi) is 3.59. The number of hydrogen-bond acceptors (Lipinski definition) is 2. The maximum atomic E-state index is 13.0. The highest BCUT2D eigenvalue weighted by atomic mass is 35.5. The van der Waals surface area contributed by atoms with Gasteiger partial charge in [-0.1, -0.05) is 12.2 Å². The van der Waals surface area contributed by atoms with Gasteiger partial charge in [0.05, 0.1) is 4.92 Å². The molecule has 0 bridgehead atoms. The van der Waals surface area contributed by atoms with Crippen LogP contribution in [0.5, 0.6) is 0 Å². The topological polar surface area (TPSA) is 43.1 Å². The molecular weight excluding hydrogens is 209 g/mol. The van der Waals surface area contributed by atoms with Gasteiger partial charge in [-0.2, -0.15) is 4.39 Å². The quantitative estimate of drug-likeness (QED) is 0.442. The normalized spacial score (nSPS) is 10.7. The van der Waals surface area contributed by atoms with Crippen LogP contribution in [-0.4, -0.2) is 10.8 Å². The van der Waals surface area contributed by atoms with Crippen LogP contribution in [0, 0.1) is 15.9 Å². The van der Waals surface area contributed by atoms with Crippen molar-refractivity contribution in [2.75, 3.05) is 5.88 Å². The number of rotatable bonds is 3. The van der Waals surface area contributed by atoms with Crippen LogP contribution in [0.15, 0.2) is 24.3 Å². The fourth-order valence-corrected chi connectivity index (χ4v) is 1.04. The zero-order valence-corrected chi connectivity index (χ0v) is 7.87. The maximum absolute atomic E-state index is 13.0. The van der Waals surface area contributed by atoms with E-state index in [0.717, 1.165) is 12.1 Å². The molecular formula is C9H7ClFNO2. The van der Waals surface area contributed by atoms with Gasteiger partial charge in [-0.3, -0.25) is 10.1 Å². The molecule has 1 aromatic carbocycles. The Morgan fingerprint density at radius 3 is 2.79 bits per heavy atom. The smallest absolute Gasteiger partial charge is 0.258 e. The largest absolute Gasteiger partial charge is 0.304 e. The number of halogens is 2. The molecule has 0 N–H and O–H groups in total. The van der Waals surface area contributed by atoms with Crippen LogP contribution in [-0.2, 0) is 0 Å². The Labute approximate surface area is 85.0 Å². The van der Waals surface area contributed by atoms with Crippen molar-refractivity contribution in [3.05, 3.63) is 45.8 Å². The van der Waals surface area contributed by atoms with Gasteiger partial charge in [0.15, 0.2) is 0 Å². The molecule has 0 atom stereocenters. The lowest BCUT2D eigenvalue weighted by Crippen LogP contribution is -1.92. The molecule has 0 heterocycles. The van der Waals surface area contributed by atoms with Gasteiger partial charge in [0.25, 0.3) is 0 Å². The van der Waals surface area contributed by atoms with Gasteiger partial charge in [0.2, 0.25) is 5.82 Å². The van der Waals surface area contributed by atoms with Crippen molar-refractivity contribution in [2.45, 2.75) is 0 Å². The maximum Gasteiger partial charge on any atom is 0.304 e. The van der Waals surface area contributed by atoms with Crippen molar-refractivity contribution in [1.29, 1.82) is 0 Å². The molecule has 1 aromatic rings. The zero-order chi connectivity index (χ0) is 10.6. The summed E-state index contributed by atoms with van der Waals surface area (Å²) in [6, 6.07) is 3.69. The second-order valence-electron chi connectivity index (χ2n) is 2.52. The molecule has 0 radical (unpaired) electrons. The minimum absolute atomic E-state index is 0.318. The van der Waals surface area contributed by atoms with Crippen molar-refractivity contribution in [1.82, 2.24) is 0 Å². The summed E-state index contributed by atoms with van der Waals surface area (Å²) in [7, 11) is 0. The van der Waals surface area contributed by atoms with Crippen LogP contribution in [0.2, 0.25) is 0 Å². The average Bonchev–Trinajstić information content (AvgIpc) is 2.14. The molecule has 0 spiro atoms. The second kappa shape index (κ2) is 4.72. The minimum atomic E-state index is -0.841. The van der Waals surface area contributed by atoms with Crippen LogP contribution >= 0.6 is 11.6 Å². The van der Waals surface area contributed by atoms with E-state index in [1.165, 1.54) is 6.07 Å². The van der Waals surface area contributed by atoms with Gasteiger partial charge in [-0.05, 0) is 17.7 Å². The summed E-state index contributed by atoms with van der Waals surface area (Å²) < 4.78 is 13.0. The molecule has 0 aliphatic heterocycles. The molecule has 0 aliphatic rings. The lowest BCUT2D eigenvalue weighted by molar-refractivity contribution is -0.387. The summed E-state index contributed by atoms with van der Waals surface area (Å²) in [4.78, 5) is 9.51. The fraction of sp³-hybridized carbons (Fsp3) is 0.111. The molecule has 0 saturated carbocycles. The van der Waals surface area contributed by atoms with Crippen molar-refractivity contribution in [3.63, 3.8) is 0 Å². The number of allylic oxidation sites excluding steroid dienone is 1. The molecule has 0 aliphatic carbocycles. The van der Waals surface area contributed by atoms with Crippen LogP contribution < -0.4 is 0 Å². The van der Waals surface area contributed by atoms with E-state index in [1.54, 1.807) is 12.2 Å². The van der Waals surface area contributed by atoms with Crippen LogP contribution in [0.3, 0.4) is 0 Å². The predicted molar refractivity (Wildman–Crippen MR) is 52.8 cm³/mol. The first kappa shape index (κ1) is 10.7. The molecule has 0 amide bonds. The van der Waals surface area contributed by atoms with Crippen molar-refractivity contribution in [2.24, 2.45) is 0 Å². The summed E-state index contributed by atoms with van der Waals surface area (Å²) >= 11 is 5.38. The van der Waals surface area contributed by atoms with Gasteiger partial charge >= 0.3 is 5.69 Å². The Hall–Kier alpha value is -1.42. The standard InChI is InChI=1S/C9H7ClFNO2/c10-5-1-2-7-3-4-9(12(13)14)8(11)6-7/h1-4,6H,5H2. The van der Waals surface area contributed by atoms with Crippen LogP contribution in [0.1, 0.15) is 5.56 Å². The molecule has 1 rings (SSSR count). The van der Waals surface area contributed by atoms with E-state index >= 15 is 0 Å². The number of hydrogen-bond donors (Lipinski definition) is 0. The first-order valence-electron chi connectivity index (χ1n) is 3.81. The summed E-state index contributed by atoms with van der Waals surface area (Å²) in [5.74, 6) is -0.523. The summed E-state index contributed by atoms with van der Waals surface area (Å²) in [6.07, 6.45) is 3.22. The minimum Gasteiger partial charge on any atom is -0.258 e. The third-order valence-electron chi connectivity index (χ3n) is 1.57. The van der Waals surface area contributed by atoms with E-state index in [4.69, 9.17) is 11.6 Å². The van der Waals surface area contributed by atoms with Crippen molar-refractivity contribution in [3.8, 4) is 0 Å². The van der Waals surface area contributed by atoms with E-state index in [2.05, 4.69) is 0 Å². The Bertz CT molecular complexity index is 379. The third-order valence-corrected chi connectivity index (χ3v) is 1.75. The molecule has 0 fully saturated rings. The lowest BCUT2D eigenvalue weighted by atomic mass is 10.2. The Morgan fingerprint density at radius 1 is 1.57 bits per heavy atom. The van der Waals surface area contributed by atoms with Crippen molar-refractivity contribution >= 4 is 23.4 Å². The van der Waals surface area contributed by atoms with Gasteiger partial charge < -0.3 is 0 Å². The van der Waals surface area contributed by atoms with E-state index in [-0.39, 0.29) is 0 Å². The number of benzene rings is 1. The lowest BCUT2D eigenvalue weighted by Gasteiger charge is -1.95. The van der Waals surface area contributed by atoms with Gasteiger partial charge in [-0.25, -0.2) is 0 Å². The molecule has 14 heavy (non-hydrogen) atoms. The Morgan fingerprint density at radius 2 is 2.29 bits per heavy atom. The monoisotopic (exact) mass is 215 g/mol. The first-order chi connectivity index (χ1) is 6.65. The molecule has 0 saturated heterocycles. The molecule has 74 valence electrons. The van der Waals surface area contributed by atoms with Crippen molar-refractivity contribution < 1.29 is 9.31 Å². The molecule has 3 nitrogen and oxygen atoms in total. The van der Waals surface area contributed by atoms with E-state index in [0.29, 0.717) is 11.4 Å². The predicted octanol–water partition coefficient (Wildman–Crippen LogP) is 2.99.